The highest BCUT2D eigenvalue weighted by atomic mass is 19.1. The van der Waals surface area contributed by atoms with Gasteiger partial charge in [0.1, 0.15) is 11.6 Å². The zero-order chi connectivity index (χ0) is 20.5. The van der Waals surface area contributed by atoms with Crippen LogP contribution in [0.25, 0.3) is 0 Å². The molecule has 0 saturated carbocycles. The van der Waals surface area contributed by atoms with Gasteiger partial charge in [-0.2, -0.15) is 0 Å². The van der Waals surface area contributed by atoms with Crippen LogP contribution in [0, 0.1) is 5.82 Å². The van der Waals surface area contributed by atoms with Gasteiger partial charge in [-0.05, 0) is 36.8 Å². The Morgan fingerprint density at radius 2 is 1.64 bits per heavy atom. The summed E-state index contributed by atoms with van der Waals surface area (Å²) >= 11 is 0. The van der Waals surface area contributed by atoms with Gasteiger partial charge in [-0.15, -0.1) is 0 Å². The predicted octanol–water partition coefficient (Wildman–Crippen LogP) is 2.01. The van der Waals surface area contributed by atoms with Crippen molar-refractivity contribution >= 4 is 17.7 Å². The second kappa shape index (κ2) is 10.1. The molecular weight excluding hydrogens is 365 g/mol. The average Bonchev–Trinajstić information content (AvgIpc) is 2.67. The van der Waals surface area contributed by atoms with E-state index in [2.05, 4.69) is 16.2 Å². The molecule has 28 heavy (non-hydrogen) atoms. The van der Waals surface area contributed by atoms with Crippen molar-refractivity contribution in [1.82, 2.24) is 16.2 Å². The van der Waals surface area contributed by atoms with Crippen LogP contribution in [0.5, 0.6) is 5.75 Å². The van der Waals surface area contributed by atoms with Gasteiger partial charge < -0.3 is 10.1 Å². The molecule has 7 nitrogen and oxygen atoms in total. The summed E-state index contributed by atoms with van der Waals surface area (Å²) in [6.45, 7) is 2.86. The lowest BCUT2D eigenvalue weighted by molar-refractivity contribution is -0.133. The zero-order valence-corrected chi connectivity index (χ0v) is 15.6. The molecular formula is C20H22FN3O4. The van der Waals surface area contributed by atoms with Crippen LogP contribution >= 0.6 is 0 Å². The third-order valence-corrected chi connectivity index (χ3v) is 3.79. The second-order valence-electron chi connectivity index (χ2n) is 6.12. The van der Waals surface area contributed by atoms with Crippen molar-refractivity contribution in [3.8, 4) is 5.75 Å². The summed E-state index contributed by atoms with van der Waals surface area (Å²) in [6.07, 6.45) is -0.970. The highest BCUT2D eigenvalue weighted by Gasteiger charge is 2.19. The van der Waals surface area contributed by atoms with E-state index in [1.165, 1.54) is 38.1 Å². The summed E-state index contributed by atoms with van der Waals surface area (Å²) in [5.41, 5.74) is 5.35. The summed E-state index contributed by atoms with van der Waals surface area (Å²) in [7, 11) is 0. The maximum atomic E-state index is 12.9. The quantitative estimate of drug-likeness (QED) is 0.633. The van der Waals surface area contributed by atoms with E-state index in [9.17, 15) is 18.8 Å². The Morgan fingerprint density at radius 1 is 1.00 bits per heavy atom. The first-order valence-corrected chi connectivity index (χ1v) is 8.68. The molecule has 0 heterocycles. The standard InChI is InChI=1S/C20H22FN3O4/c1-13(28-17-10-8-16(21)9-11-17)20(27)24-23-19(26)12-18(22-14(2)25)15-6-4-3-5-7-15/h3-11,13,18H,12H2,1-2H3,(H,22,25)(H,23,26)(H,24,27)/t13-,18+/m1/s1. The monoisotopic (exact) mass is 387 g/mol. The minimum Gasteiger partial charge on any atom is -0.481 e. The highest BCUT2D eigenvalue weighted by molar-refractivity contribution is 5.85. The Bertz CT molecular complexity index is 812. The van der Waals surface area contributed by atoms with Crippen molar-refractivity contribution in [3.63, 3.8) is 0 Å². The van der Waals surface area contributed by atoms with Gasteiger partial charge in [0, 0.05) is 6.92 Å². The van der Waals surface area contributed by atoms with E-state index in [-0.39, 0.29) is 12.3 Å². The normalized spacial score (nSPS) is 12.4. The highest BCUT2D eigenvalue weighted by Crippen LogP contribution is 2.16. The number of hydrazine groups is 1. The third-order valence-electron chi connectivity index (χ3n) is 3.79. The van der Waals surface area contributed by atoms with E-state index in [4.69, 9.17) is 4.74 Å². The van der Waals surface area contributed by atoms with Gasteiger partial charge in [-0.25, -0.2) is 4.39 Å². The Balaban J connectivity index is 1.86. The average molecular weight is 387 g/mol. The fraction of sp³-hybridized carbons (Fsp3) is 0.250. The fourth-order valence-electron chi connectivity index (χ4n) is 2.42. The second-order valence-corrected chi connectivity index (χ2v) is 6.12. The van der Waals surface area contributed by atoms with Crippen molar-refractivity contribution in [2.75, 3.05) is 0 Å². The van der Waals surface area contributed by atoms with Gasteiger partial charge in [-0.1, -0.05) is 30.3 Å². The van der Waals surface area contributed by atoms with Gasteiger partial charge in [0.2, 0.25) is 11.8 Å². The van der Waals surface area contributed by atoms with Gasteiger partial charge >= 0.3 is 0 Å². The van der Waals surface area contributed by atoms with E-state index in [0.717, 1.165) is 5.56 Å². The van der Waals surface area contributed by atoms with Crippen LogP contribution in [0.1, 0.15) is 31.9 Å². The van der Waals surface area contributed by atoms with Crippen LogP contribution in [0.4, 0.5) is 4.39 Å². The number of hydrogen-bond donors (Lipinski definition) is 3. The number of carbonyl (C=O) groups excluding carboxylic acids is 3. The van der Waals surface area contributed by atoms with Crippen molar-refractivity contribution in [2.24, 2.45) is 0 Å². The van der Waals surface area contributed by atoms with Crippen LogP contribution in [-0.4, -0.2) is 23.8 Å². The minimum absolute atomic E-state index is 0.0585. The van der Waals surface area contributed by atoms with E-state index in [0.29, 0.717) is 5.75 Å². The number of amides is 3. The fourth-order valence-corrected chi connectivity index (χ4v) is 2.42. The van der Waals surface area contributed by atoms with Crippen LogP contribution in [0.15, 0.2) is 54.6 Å². The largest absolute Gasteiger partial charge is 0.481 e. The maximum Gasteiger partial charge on any atom is 0.279 e. The van der Waals surface area contributed by atoms with Gasteiger partial charge in [-0.3, -0.25) is 25.2 Å². The van der Waals surface area contributed by atoms with Gasteiger partial charge in [0.25, 0.3) is 5.91 Å². The molecule has 2 aromatic rings. The van der Waals surface area contributed by atoms with Gasteiger partial charge in [0.05, 0.1) is 12.5 Å². The molecule has 3 amide bonds. The number of carbonyl (C=O) groups is 3. The number of benzene rings is 2. The molecule has 148 valence electrons. The molecule has 0 aliphatic heterocycles. The molecule has 8 heteroatoms. The molecule has 0 aromatic heterocycles. The predicted molar refractivity (Wildman–Crippen MR) is 100 cm³/mol. The molecule has 0 aliphatic rings. The number of nitrogens with one attached hydrogen (secondary N) is 3. The SMILES string of the molecule is CC(=O)N[C@@H](CC(=O)NNC(=O)[C@@H](C)Oc1ccc(F)cc1)c1ccccc1. The van der Waals surface area contributed by atoms with Crippen molar-refractivity contribution < 1.29 is 23.5 Å². The molecule has 0 saturated heterocycles. The lowest BCUT2D eigenvalue weighted by atomic mass is 10.0. The van der Waals surface area contributed by atoms with E-state index >= 15 is 0 Å². The Labute approximate surface area is 162 Å². The molecule has 0 spiro atoms. The zero-order valence-electron chi connectivity index (χ0n) is 15.6. The van der Waals surface area contributed by atoms with E-state index < -0.39 is 29.8 Å². The molecule has 0 aliphatic carbocycles. The Kier molecular flexibility index (Phi) is 7.50. The summed E-state index contributed by atoms with van der Waals surface area (Å²) in [5.74, 6) is -1.42. The molecule has 2 aromatic carbocycles. The number of hydrogen-bond acceptors (Lipinski definition) is 4. The van der Waals surface area contributed by atoms with Crippen molar-refractivity contribution in [2.45, 2.75) is 32.4 Å². The topological polar surface area (TPSA) is 96.5 Å². The van der Waals surface area contributed by atoms with Crippen LogP contribution < -0.4 is 20.9 Å². The molecule has 3 N–H and O–H groups in total. The lowest BCUT2D eigenvalue weighted by Crippen LogP contribution is -2.48. The Hall–Kier alpha value is -3.42. The summed E-state index contributed by atoms with van der Waals surface area (Å²) in [5, 5.41) is 2.71. The number of rotatable bonds is 7. The van der Waals surface area contributed by atoms with Crippen molar-refractivity contribution in [1.29, 1.82) is 0 Å². The first-order chi connectivity index (χ1) is 13.3. The number of halogens is 1. The molecule has 2 rings (SSSR count). The summed E-state index contributed by atoms with van der Waals surface area (Å²) in [6, 6.07) is 13.7. The molecule has 0 unspecified atom stereocenters. The van der Waals surface area contributed by atoms with Crippen LogP contribution in [0.3, 0.4) is 0 Å². The minimum atomic E-state index is -0.911. The van der Waals surface area contributed by atoms with Crippen molar-refractivity contribution in [3.05, 3.63) is 66.0 Å². The smallest absolute Gasteiger partial charge is 0.279 e. The summed E-state index contributed by atoms with van der Waals surface area (Å²) < 4.78 is 18.3. The van der Waals surface area contributed by atoms with Crippen LogP contribution in [0.2, 0.25) is 0 Å². The van der Waals surface area contributed by atoms with Gasteiger partial charge in [0.15, 0.2) is 6.10 Å². The Morgan fingerprint density at radius 3 is 2.25 bits per heavy atom. The number of ether oxygens (including phenoxy) is 1. The molecule has 0 radical (unpaired) electrons. The van der Waals surface area contributed by atoms with Crippen LogP contribution in [-0.2, 0) is 14.4 Å². The lowest BCUT2D eigenvalue weighted by Gasteiger charge is -2.19. The first-order valence-electron chi connectivity index (χ1n) is 8.68. The molecule has 2 atom stereocenters. The van der Waals surface area contributed by atoms with E-state index in [1.807, 2.05) is 6.07 Å². The summed E-state index contributed by atoms with van der Waals surface area (Å²) in [4.78, 5) is 35.6. The third kappa shape index (κ3) is 6.71. The molecule has 0 bridgehead atoms. The maximum absolute atomic E-state index is 12.9. The molecule has 0 fully saturated rings. The first kappa shape index (κ1) is 20.9. The van der Waals surface area contributed by atoms with E-state index in [1.54, 1.807) is 24.3 Å².